The van der Waals surface area contributed by atoms with Crippen LogP contribution in [-0.2, 0) is 11.2 Å². The quantitative estimate of drug-likeness (QED) is 0.862. The summed E-state index contributed by atoms with van der Waals surface area (Å²) in [5.74, 6) is -0.142. The highest BCUT2D eigenvalue weighted by molar-refractivity contribution is 5.78. The maximum atomic E-state index is 12.8. The SMILES string of the molecule is O=C(CN1CCC2CCC(C1)N2)NCCc1ccc(F)cc1. The molecule has 0 saturated carbocycles. The van der Waals surface area contributed by atoms with E-state index in [4.69, 9.17) is 0 Å². The zero-order valence-corrected chi connectivity index (χ0v) is 12.9. The van der Waals surface area contributed by atoms with Crippen molar-refractivity contribution >= 4 is 5.91 Å². The Balaban J connectivity index is 1.38. The van der Waals surface area contributed by atoms with Crippen molar-refractivity contribution in [2.24, 2.45) is 0 Å². The van der Waals surface area contributed by atoms with Gasteiger partial charge in [-0.25, -0.2) is 4.39 Å². The number of nitrogens with zero attached hydrogens (tertiary/aromatic N) is 1. The van der Waals surface area contributed by atoms with Crippen LogP contribution in [-0.4, -0.2) is 49.1 Å². The lowest BCUT2D eigenvalue weighted by Crippen LogP contribution is -2.42. The molecule has 2 aliphatic rings. The van der Waals surface area contributed by atoms with Crippen molar-refractivity contribution in [2.75, 3.05) is 26.2 Å². The van der Waals surface area contributed by atoms with E-state index in [1.807, 2.05) is 0 Å². The summed E-state index contributed by atoms with van der Waals surface area (Å²) in [4.78, 5) is 14.3. The Morgan fingerprint density at radius 1 is 1.23 bits per heavy atom. The van der Waals surface area contributed by atoms with Gasteiger partial charge in [0.2, 0.25) is 5.91 Å². The first-order valence-corrected chi connectivity index (χ1v) is 8.18. The van der Waals surface area contributed by atoms with Gasteiger partial charge in [0, 0.05) is 31.7 Å². The smallest absolute Gasteiger partial charge is 0.234 e. The molecule has 2 unspecified atom stereocenters. The molecule has 2 bridgehead atoms. The summed E-state index contributed by atoms with van der Waals surface area (Å²) in [7, 11) is 0. The fourth-order valence-corrected chi connectivity index (χ4v) is 3.42. The Bertz CT molecular complexity index is 505. The molecule has 0 aromatic heterocycles. The molecule has 0 spiro atoms. The van der Waals surface area contributed by atoms with Gasteiger partial charge in [-0.05, 0) is 43.4 Å². The second-order valence-electron chi connectivity index (χ2n) is 6.39. The first-order chi connectivity index (χ1) is 10.7. The number of fused-ring (bicyclic) bond motifs is 2. The van der Waals surface area contributed by atoms with E-state index in [9.17, 15) is 9.18 Å². The van der Waals surface area contributed by atoms with E-state index < -0.39 is 0 Å². The predicted octanol–water partition coefficient (Wildman–Crippen LogP) is 1.31. The van der Waals surface area contributed by atoms with Crippen LogP contribution >= 0.6 is 0 Å². The van der Waals surface area contributed by atoms with Crippen LogP contribution in [0.25, 0.3) is 0 Å². The standard InChI is InChI=1S/C17H24FN3O/c18-14-3-1-13(2-4-14)7-9-19-17(22)12-21-10-8-15-5-6-16(11-21)20-15/h1-4,15-16,20H,5-12H2,(H,19,22). The Hall–Kier alpha value is -1.46. The third kappa shape index (κ3) is 4.27. The molecule has 2 fully saturated rings. The van der Waals surface area contributed by atoms with Crippen molar-refractivity contribution in [3.63, 3.8) is 0 Å². The summed E-state index contributed by atoms with van der Waals surface area (Å²) < 4.78 is 12.8. The van der Waals surface area contributed by atoms with Gasteiger partial charge in [-0.3, -0.25) is 9.69 Å². The summed E-state index contributed by atoms with van der Waals surface area (Å²) in [6.45, 7) is 3.05. The molecule has 4 nitrogen and oxygen atoms in total. The molecular formula is C17H24FN3O. The highest BCUT2D eigenvalue weighted by atomic mass is 19.1. The van der Waals surface area contributed by atoms with Crippen molar-refractivity contribution < 1.29 is 9.18 Å². The summed E-state index contributed by atoms with van der Waals surface area (Å²) in [6, 6.07) is 7.64. The van der Waals surface area contributed by atoms with Gasteiger partial charge >= 0.3 is 0 Å². The highest BCUT2D eigenvalue weighted by Crippen LogP contribution is 2.19. The van der Waals surface area contributed by atoms with E-state index in [2.05, 4.69) is 15.5 Å². The Morgan fingerprint density at radius 3 is 2.82 bits per heavy atom. The van der Waals surface area contributed by atoms with Crippen LogP contribution in [0, 0.1) is 5.82 Å². The lowest BCUT2D eigenvalue weighted by atomic mass is 10.1. The van der Waals surface area contributed by atoms with E-state index in [0.717, 1.165) is 31.5 Å². The van der Waals surface area contributed by atoms with Crippen LogP contribution in [0.1, 0.15) is 24.8 Å². The lowest BCUT2D eigenvalue weighted by molar-refractivity contribution is -0.122. The average molecular weight is 305 g/mol. The summed E-state index contributed by atoms with van der Waals surface area (Å²) in [5, 5.41) is 6.58. The van der Waals surface area contributed by atoms with Gasteiger partial charge in [0.05, 0.1) is 6.54 Å². The van der Waals surface area contributed by atoms with Crippen molar-refractivity contribution in [3.8, 4) is 0 Å². The number of hydrogen-bond acceptors (Lipinski definition) is 3. The van der Waals surface area contributed by atoms with Gasteiger partial charge in [0.25, 0.3) is 0 Å². The van der Waals surface area contributed by atoms with Crippen molar-refractivity contribution in [3.05, 3.63) is 35.6 Å². The van der Waals surface area contributed by atoms with Crippen LogP contribution in [0.4, 0.5) is 4.39 Å². The zero-order valence-electron chi connectivity index (χ0n) is 12.9. The average Bonchev–Trinajstić information content (AvgIpc) is 2.84. The van der Waals surface area contributed by atoms with Gasteiger partial charge in [0.1, 0.15) is 5.82 Å². The summed E-state index contributed by atoms with van der Waals surface area (Å²) in [5.41, 5.74) is 1.04. The van der Waals surface area contributed by atoms with Crippen LogP contribution in [0.15, 0.2) is 24.3 Å². The van der Waals surface area contributed by atoms with E-state index in [0.29, 0.717) is 25.2 Å². The molecule has 0 radical (unpaired) electrons. The van der Waals surface area contributed by atoms with Crippen molar-refractivity contribution in [1.82, 2.24) is 15.5 Å². The normalized spacial score (nSPS) is 25.0. The third-order valence-corrected chi connectivity index (χ3v) is 4.62. The van der Waals surface area contributed by atoms with Crippen molar-refractivity contribution in [2.45, 2.75) is 37.8 Å². The van der Waals surface area contributed by atoms with Gasteiger partial charge in [-0.15, -0.1) is 0 Å². The summed E-state index contributed by atoms with van der Waals surface area (Å²) in [6.07, 6.45) is 4.38. The second kappa shape index (κ2) is 7.20. The topological polar surface area (TPSA) is 44.4 Å². The van der Waals surface area contributed by atoms with Crippen LogP contribution in [0.3, 0.4) is 0 Å². The largest absolute Gasteiger partial charge is 0.355 e. The number of rotatable bonds is 5. The molecular weight excluding hydrogens is 281 g/mol. The minimum absolute atomic E-state index is 0.0832. The molecule has 1 aromatic rings. The lowest BCUT2D eigenvalue weighted by Gasteiger charge is -2.23. The molecule has 0 aliphatic carbocycles. The molecule has 1 aromatic carbocycles. The van der Waals surface area contributed by atoms with Gasteiger partial charge in [-0.2, -0.15) is 0 Å². The van der Waals surface area contributed by atoms with Gasteiger partial charge in [0.15, 0.2) is 0 Å². The summed E-state index contributed by atoms with van der Waals surface area (Å²) >= 11 is 0. The molecule has 2 N–H and O–H groups in total. The van der Waals surface area contributed by atoms with Crippen LogP contribution in [0.5, 0.6) is 0 Å². The van der Waals surface area contributed by atoms with E-state index in [1.165, 1.54) is 25.0 Å². The molecule has 1 amide bonds. The Morgan fingerprint density at radius 2 is 2.00 bits per heavy atom. The molecule has 2 saturated heterocycles. The van der Waals surface area contributed by atoms with Crippen LogP contribution < -0.4 is 10.6 Å². The number of carbonyl (C=O) groups is 1. The molecule has 2 heterocycles. The maximum Gasteiger partial charge on any atom is 0.234 e. The van der Waals surface area contributed by atoms with Crippen molar-refractivity contribution in [1.29, 1.82) is 0 Å². The molecule has 3 rings (SSSR count). The first-order valence-electron chi connectivity index (χ1n) is 8.18. The fraction of sp³-hybridized carbons (Fsp3) is 0.588. The minimum atomic E-state index is -0.225. The van der Waals surface area contributed by atoms with E-state index >= 15 is 0 Å². The second-order valence-corrected chi connectivity index (χ2v) is 6.39. The van der Waals surface area contributed by atoms with E-state index in [1.54, 1.807) is 12.1 Å². The maximum absolute atomic E-state index is 12.8. The Labute approximate surface area is 131 Å². The molecule has 5 heteroatoms. The number of likely N-dealkylation sites (tertiary alicyclic amines) is 1. The fourth-order valence-electron chi connectivity index (χ4n) is 3.42. The predicted molar refractivity (Wildman–Crippen MR) is 84.1 cm³/mol. The van der Waals surface area contributed by atoms with Gasteiger partial charge < -0.3 is 10.6 Å². The monoisotopic (exact) mass is 305 g/mol. The van der Waals surface area contributed by atoms with Crippen LogP contribution in [0.2, 0.25) is 0 Å². The number of nitrogens with one attached hydrogen (secondary N) is 2. The number of carbonyl (C=O) groups excluding carboxylic acids is 1. The number of amides is 1. The third-order valence-electron chi connectivity index (χ3n) is 4.62. The number of benzene rings is 1. The number of halogens is 1. The minimum Gasteiger partial charge on any atom is -0.355 e. The molecule has 22 heavy (non-hydrogen) atoms. The van der Waals surface area contributed by atoms with Gasteiger partial charge in [-0.1, -0.05) is 12.1 Å². The molecule has 2 atom stereocenters. The highest BCUT2D eigenvalue weighted by Gasteiger charge is 2.29. The first kappa shape index (κ1) is 15.4. The number of hydrogen-bond donors (Lipinski definition) is 2. The molecule has 120 valence electrons. The van der Waals surface area contributed by atoms with E-state index in [-0.39, 0.29) is 11.7 Å². The molecule has 2 aliphatic heterocycles. The Kier molecular flexibility index (Phi) is 5.05. The zero-order chi connectivity index (χ0) is 15.4.